The lowest BCUT2D eigenvalue weighted by molar-refractivity contribution is 0.667. The first-order chi connectivity index (χ1) is 25.3. The number of fused-ring (bicyclic) bond motifs is 6. The van der Waals surface area contributed by atoms with Crippen molar-refractivity contribution in [1.29, 1.82) is 0 Å². The van der Waals surface area contributed by atoms with Crippen molar-refractivity contribution in [3.63, 3.8) is 0 Å². The Bertz CT molecular complexity index is 2850. The Labute approximate surface area is 295 Å². The number of anilines is 3. The zero-order valence-electron chi connectivity index (χ0n) is 27.7. The Kier molecular flexibility index (Phi) is 6.81. The topological polar surface area (TPSA) is 29.5 Å². The van der Waals surface area contributed by atoms with E-state index in [0.29, 0.717) is 0 Å². The zero-order valence-corrected chi connectivity index (χ0v) is 27.7. The van der Waals surface area contributed by atoms with Crippen LogP contribution in [0.1, 0.15) is 0 Å². The van der Waals surface area contributed by atoms with E-state index in [4.69, 9.17) is 8.83 Å². The van der Waals surface area contributed by atoms with E-state index in [2.05, 4.69) is 169 Å². The van der Waals surface area contributed by atoms with Gasteiger partial charge in [-0.25, -0.2) is 0 Å². The molecule has 0 radical (unpaired) electrons. The predicted octanol–water partition coefficient (Wildman–Crippen LogP) is 14.0. The summed E-state index contributed by atoms with van der Waals surface area (Å²) in [6.07, 6.45) is 0. The second-order valence-electron chi connectivity index (χ2n) is 12.9. The molecule has 10 rings (SSSR count). The summed E-state index contributed by atoms with van der Waals surface area (Å²) in [6.45, 7) is 0. The summed E-state index contributed by atoms with van der Waals surface area (Å²) < 4.78 is 13.1. The van der Waals surface area contributed by atoms with Gasteiger partial charge in [-0.2, -0.15) is 0 Å². The van der Waals surface area contributed by atoms with Crippen LogP contribution in [0.2, 0.25) is 0 Å². The molecule has 0 bridgehead atoms. The van der Waals surface area contributed by atoms with Crippen molar-refractivity contribution >= 4 is 60.9 Å². The van der Waals surface area contributed by atoms with Crippen molar-refractivity contribution in [2.24, 2.45) is 0 Å². The molecule has 3 heteroatoms. The van der Waals surface area contributed by atoms with Crippen molar-refractivity contribution in [2.45, 2.75) is 0 Å². The average Bonchev–Trinajstić information content (AvgIpc) is 3.78. The number of furan rings is 2. The van der Waals surface area contributed by atoms with Crippen LogP contribution < -0.4 is 4.90 Å². The summed E-state index contributed by atoms with van der Waals surface area (Å²) >= 11 is 0. The van der Waals surface area contributed by atoms with Gasteiger partial charge in [-0.15, -0.1) is 0 Å². The van der Waals surface area contributed by atoms with Gasteiger partial charge in [0, 0.05) is 33.2 Å². The first-order valence-electron chi connectivity index (χ1n) is 17.3. The Balaban J connectivity index is 1.20. The Morgan fingerprint density at radius 2 is 0.863 bits per heavy atom. The van der Waals surface area contributed by atoms with E-state index in [1.54, 1.807) is 0 Å². The molecule has 0 saturated carbocycles. The summed E-state index contributed by atoms with van der Waals surface area (Å²) in [5.74, 6) is 0. The van der Waals surface area contributed by atoms with Gasteiger partial charge in [0.1, 0.15) is 16.7 Å². The molecule has 0 aliphatic rings. The summed E-state index contributed by atoms with van der Waals surface area (Å²) in [6, 6.07) is 66.2. The van der Waals surface area contributed by atoms with Gasteiger partial charge in [-0.1, -0.05) is 140 Å². The molecule has 0 saturated heterocycles. The number of rotatable bonds is 6. The Morgan fingerprint density at radius 3 is 1.61 bits per heavy atom. The summed E-state index contributed by atoms with van der Waals surface area (Å²) in [5, 5.41) is 4.38. The van der Waals surface area contributed by atoms with E-state index in [1.165, 1.54) is 11.1 Å². The fourth-order valence-electron chi connectivity index (χ4n) is 7.42. The van der Waals surface area contributed by atoms with E-state index in [0.717, 1.165) is 83.2 Å². The molecule has 0 fully saturated rings. The molecular formula is C48H31NO2. The Morgan fingerprint density at radius 1 is 0.314 bits per heavy atom. The third-order valence-electron chi connectivity index (χ3n) is 9.89. The van der Waals surface area contributed by atoms with Crippen LogP contribution in [0.3, 0.4) is 0 Å². The zero-order chi connectivity index (χ0) is 33.7. The highest BCUT2D eigenvalue weighted by Gasteiger charge is 2.23. The van der Waals surface area contributed by atoms with Gasteiger partial charge in [0.2, 0.25) is 0 Å². The van der Waals surface area contributed by atoms with Crippen molar-refractivity contribution < 1.29 is 8.83 Å². The number of para-hydroxylation sites is 3. The van der Waals surface area contributed by atoms with Crippen LogP contribution in [0.4, 0.5) is 17.1 Å². The molecule has 10 aromatic rings. The molecule has 0 spiro atoms. The molecule has 2 aromatic heterocycles. The molecule has 0 unspecified atom stereocenters. The number of nitrogens with zero attached hydrogens (tertiary/aromatic N) is 1. The molecule has 0 atom stereocenters. The number of benzene rings is 8. The van der Waals surface area contributed by atoms with Gasteiger partial charge in [0.15, 0.2) is 5.58 Å². The fourth-order valence-corrected chi connectivity index (χ4v) is 7.42. The molecular weight excluding hydrogens is 623 g/mol. The number of hydrogen-bond acceptors (Lipinski definition) is 3. The minimum absolute atomic E-state index is 0.836. The Hall–Kier alpha value is -6.84. The maximum Gasteiger partial charge on any atom is 0.159 e. The summed E-state index contributed by atoms with van der Waals surface area (Å²) in [5.41, 5.74) is 13.3. The standard InChI is InChI=1S/C48H31NO2/c1-3-12-32(13-4-1)33-22-24-34(25-23-33)36-26-29-43(42(30-36)35-14-5-2-6-15-35)49(37-27-28-40-38-16-7-9-20-45(38)50-47(40)31-37)44-19-11-18-41-39-17-8-10-21-46(39)51-48(41)44/h1-31H. The van der Waals surface area contributed by atoms with E-state index >= 15 is 0 Å². The van der Waals surface area contributed by atoms with E-state index in [1.807, 2.05) is 24.3 Å². The van der Waals surface area contributed by atoms with E-state index in [9.17, 15) is 0 Å². The van der Waals surface area contributed by atoms with Crippen molar-refractivity contribution in [3.8, 4) is 33.4 Å². The second kappa shape index (κ2) is 11.9. The van der Waals surface area contributed by atoms with Gasteiger partial charge in [-0.05, 0) is 70.3 Å². The second-order valence-corrected chi connectivity index (χ2v) is 12.9. The largest absolute Gasteiger partial charge is 0.456 e. The van der Waals surface area contributed by atoms with Gasteiger partial charge < -0.3 is 13.7 Å². The molecule has 3 nitrogen and oxygen atoms in total. The van der Waals surface area contributed by atoms with Crippen LogP contribution in [0, 0.1) is 0 Å². The minimum Gasteiger partial charge on any atom is -0.456 e. The highest BCUT2D eigenvalue weighted by molar-refractivity contribution is 6.12. The van der Waals surface area contributed by atoms with Gasteiger partial charge >= 0.3 is 0 Å². The maximum atomic E-state index is 6.66. The van der Waals surface area contributed by atoms with Crippen LogP contribution in [0.25, 0.3) is 77.3 Å². The first-order valence-corrected chi connectivity index (χ1v) is 17.3. The molecule has 2 heterocycles. The summed E-state index contributed by atoms with van der Waals surface area (Å²) in [4.78, 5) is 2.32. The van der Waals surface area contributed by atoms with Crippen LogP contribution in [-0.2, 0) is 0 Å². The van der Waals surface area contributed by atoms with Gasteiger partial charge in [0.25, 0.3) is 0 Å². The normalized spacial score (nSPS) is 11.5. The van der Waals surface area contributed by atoms with Gasteiger partial charge in [-0.3, -0.25) is 0 Å². The van der Waals surface area contributed by atoms with E-state index < -0.39 is 0 Å². The highest BCUT2D eigenvalue weighted by Crippen LogP contribution is 2.47. The highest BCUT2D eigenvalue weighted by atomic mass is 16.3. The van der Waals surface area contributed by atoms with Crippen LogP contribution in [-0.4, -0.2) is 0 Å². The lowest BCUT2D eigenvalue weighted by Gasteiger charge is -2.28. The molecule has 0 amide bonds. The van der Waals surface area contributed by atoms with Crippen LogP contribution in [0.15, 0.2) is 197 Å². The molecule has 0 aliphatic heterocycles. The predicted molar refractivity (Wildman–Crippen MR) is 212 cm³/mol. The first kappa shape index (κ1) is 29.1. The lowest BCUT2D eigenvalue weighted by Crippen LogP contribution is -2.11. The maximum absolute atomic E-state index is 6.66. The third kappa shape index (κ3) is 4.98. The van der Waals surface area contributed by atoms with E-state index in [-0.39, 0.29) is 0 Å². The minimum atomic E-state index is 0.836. The smallest absolute Gasteiger partial charge is 0.159 e. The van der Waals surface area contributed by atoms with Crippen LogP contribution in [0.5, 0.6) is 0 Å². The molecule has 8 aromatic carbocycles. The lowest BCUT2D eigenvalue weighted by atomic mass is 9.95. The molecule has 0 N–H and O–H groups in total. The number of hydrogen-bond donors (Lipinski definition) is 0. The molecule has 51 heavy (non-hydrogen) atoms. The molecule has 240 valence electrons. The van der Waals surface area contributed by atoms with Gasteiger partial charge in [0.05, 0.1) is 17.1 Å². The van der Waals surface area contributed by atoms with Crippen molar-refractivity contribution in [1.82, 2.24) is 0 Å². The summed E-state index contributed by atoms with van der Waals surface area (Å²) in [7, 11) is 0. The van der Waals surface area contributed by atoms with Crippen molar-refractivity contribution in [3.05, 3.63) is 188 Å². The monoisotopic (exact) mass is 653 g/mol. The third-order valence-corrected chi connectivity index (χ3v) is 9.89. The van der Waals surface area contributed by atoms with Crippen molar-refractivity contribution in [2.75, 3.05) is 4.90 Å². The quantitative estimate of drug-likeness (QED) is 0.179. The fraction of sp³-hybridized carbons (Fsp3) is 0. The SMILES string of the molecule is c1ccc(-c2ccc(-c3ccc(N(c4ccc5c(c4)oc4ccccc45)c4cccc5c4oc4ccccc45)c(-c4ccccc4)c3)cc2)cc1. The average molecular weight is 654 g/mol. The molecule has 0 aliphatic carbocycles. The van der Waals surface area contributed by atoms with Crippen LogP contribution >= 0.6 is 0 Å².